The van der Waals surface area contributed by atoms with Crippen LogP contribution in [0.4, 0.5) is 14.5 Å². The Morgan fingerprint density at radius 3 is 2.91 bits per heavy atom. The summed E-state index contributed by atoms with van der Waals surface area (Å²) in [6, 6.07) is 5.55. The Morgan fingerprint density at radius 1 is 1.41 bits per heavy atom. The molecular weight excluding hydrogens is 290 g/mol. The fourth-order valence-electron chi connectivity index (χ4n) is 2.84. The average Bonchev–Trinajstić information content (AvgIpc) is 2.95. The molecule has 0 saturated carbocycles. The lowest BCUT2D eigenvalue weighted by molar-refractivity contribution is -0.121. The Hall–Kier alpha value is -2.02. The van der Waals surface area contributed by atoms with Crippen molar-refractivity contribution in [2.45, 2.75) is 19.3 Å². The maximum Gasteiger partial charge on any atom is 0.251 e. The van der Waals surface area contributed by atoms with Gasteiger partial charge in [-0.05, 0) is 44.1 Å². The number of piperidine rings is 1. The van der Waals surface area contributed by atoms with Crippen molar-refractivity contribution in [3.05, 3.63) is 24.4 Å². The highest BCUT2D eigenvalue weighted by molar-refractivity contribution is 5.94. The maximum absolute atomic E-state index is 12.3. The van der Waals surface area contributed by atoms with Gasteiger partial charge in [-0.15, -0.1) is 0 Å². The number of nitrogens with zero attached hydrogens (tertiary/aromatic N) is 2. The van der Waals surface area contributed by atoms with Gasteiger partial charge in [0.2, 0.25) is 5.91 Å². The molecule has 7 heteroatoms. The van der Waals surface area contributed by atoms with Crippen LogP contribution in [0.1, 0.15) is 12.8 Å². The molecule has 22 heavy (non-hydrogen) atoms. The molecule has 3 rings (SSSR count). The summed E-state index contributed by atoms with van der Waals surface area (Å²) >= 11 is 0. The van der Waals surface area contributed by atoms with E-state index in [1.165, 1.54) is 0 Å². The predicted octanol–water partition coefficient (Wildman–Crippen LogP) is 2.48. The van der Waals surface area contributed by atoms with Gasteiger partial charge in [-0.2, -0.15) is 5.10 Å². The largest absolute Gasteiger partial charge is 0.326 e. The van der Waals surface area contributed by atoms with E-state index < -0.39 is 6.43 Å². The van der Waals surface area contributed by atoms with Crippen molar-refractivity contribution < 1.29 is 13.6 Å². The Morgan fingerprint density at radius 2 is 2.18 bits per heavy atom. The van der Waals surface area contributed by atoms with Crippen LogP contribution in [0.5, 0.6) is 0 Å². The average molecular weight is 308 g/mol. The number of amides is 1. The van der Waals surface area contributed by atoms with E-state index >= 15 is 0 Å². The van der Waals surface area contributed by atoms with Gasteiger partial charge in [0.15, 0.2) is 0 Å². The molecule has 2 aromatic rings. The molecule has 2 heterocycles. The third-order valence-electron chi connectivity index (χ3n) is 4.06. The minimum atomic E-state index is -2.31. The van der Waals surface area contributed by atoms with Crippen LogP contribution in [0, 0.1) is 5.92 Å². The molecule has 118 valence electrons. The van der Waals surface area contributed by atoms with Crippen molar-refractivity contribution in [2.75, 3.05) is 25.0 Å². The summed E-state index contributed by atoms with van der Waals surface area (Å²) in [5, 5.41) is 10.6. The molecule has 1 amide bonds. The van der Waals surface area contributed by atoms with Crippen LogP contribution in [-0.2, 0) is 4.79 Å². The number of hydrogen-bond acceptors (Lipinski definition) is 3. The highest BCUT2D eigenvalue weighted by atomic mass is 19.3. The van der Waals surface area contributed by atoms with E-state index in [1.807, 2.05) is 18.2 Å². The highest BCUT2D eigenvalue weighted by Crippen LogP contribution is 2.22. The van der Waals surface area contributed by atoms with Gasteiger partial charge < -0.3 is 5.32 Å². The van der Waals surface area contributed by atoms with E-state index in [1.54, 1.807) is 11.1 Å². The Kier molecular flexibility index (Phi) is 4.33. The monoisotopic (exact) mass is 308 g/mol. The van der Waals surface area contributed by atoms with Gasteiger partial charge in [-0.3, -0.25) is 14.8 Å². The molecule has 1 aliphatic heterocycles. The number of benzene rings is 1. The van der Waals surface area contributed by atoms with Crippen molar-refractivity contribution in [1.82, 2.24) is 15.1 Å². The van der Waals surface area contributed by atoms with Gasteiger partial charge >= 0.3 is 0 Å². The molecule has 0 unspecified atom stereocenters. The zero-order valence-electron chi connectivity index (χ0n) is 12.1. The Balaban J connectivity index is 1.56. The summed E-state index contributed by atoms with van der Waals surface area (Å²) in [6.07, 6.45) is 0.624. The topological polar surface area (TPSA) is 61.0 Å². The number of carbonyl (C=O) groups is 1. The van der Waals surface area contributed by atoms with Gasteiger partial charge in [0, 0.05) is 17.0 Å². The van der Waals surface area contributed by atoms with Crippen LogP contribution in [0.25, 0.3) is 10.9 Å². The quantitative estimate of drug-likeness (QED) is 0.912. The fourth-order valence-corrected chi connectivity index (χ4v) is 2.84. The standard InChI is InChI=1S/C15H18F2N4O/c16-14(17)9-21-5-3-10(4-6-21)15(22)19-12-1-2-13-11(7-12)8-18-20-13/h1-2,7-8,10,14H,3-6,9H2,(H,18,20)(H,19,22). The molecule has 1 aromatic heterocycles. The van der Waals surface area contributed by atoms with Crippen molar-refractivity contribution in [3.63, 3.8) is 0 Å². The third-order valence-corrected chi connectivity index (χ3v) is 4.06. The first kappa shape index (κ1) is 14.9. The maximum atomic E-state index is 12.3. The molecule has 0 atom stereocenters. The van der Waals surface area contributed by atoms with Crippen molar-refractivity contribution in [3.8, 4) is 0 Å². The number of fused-ring (bicyclic) bond motifs is 1. The van der Waals surface area contributed by atoms with E-state index in [2.05, 4.69) is 15.5 Å². The first-order valence-electron chi connectivity index (χ1n) is 7.36. The number of hydrogen-bond donors (Lipinski definition) is 2. The molecule has 1 fully saturated rings. The minimum Gasteiger partial charge on any atom is -0.326 e. The number of likely N-dealkylation sites (tertiary alicyclic amines) is 1. The number of alkyl halides is 2. The third kappa shape index (κ3) is 3.41. The van der Waals surface area contributed by atoms with E-state index in [0.29, 0.717) is 25.9 Å². The highest BCUT2D eigenvalue weighted by Gasteiger charge is 2.26. The number of H-pyrrole nitrogens is 1. The summed E-state index contributed by atoms with van der Waals surface area (Å²) in [6.45, 7) is 0.887. The molecule has 1 saturated heterocycles. The second kappa shape index (κ2) is 6.39. The minimum absolute atomic E-state index is 0.0421. The number of halogens is 2. The van der Waals surface area contributed by atoms with Gasteiger partial charge in [0.1, 0.15) is 0 Å². The Bertz CT molecular complexity index is 650. The van der Waals surface area contributed by atoms with Gasteiger partial charge in [-0.1, -0.05) is 0 Å². The predicted molar refractivity (Wildman–Crippen MR) is 79.9 cm³/mol. The molecule has 0 aliphatic carbocycles. The number of aromatic amines is 1. The molecule has 0 bridgehead atoms. The van der Waals surface area contributed by atoms with Crippen LogP contribution >= 0.6 is 0 Å². The molecule has 1 aromatic carbocycles. The molecule has 1 aliphatic rings. The molecule has 2 N–H and O–H groups in total. The summed E-state index contributed by atoms with van der Waals surface area (Å²) in [5.41, 5.74) is 1.65. The lowest BCUT2D eigenvalue weighted by Crippen LogP contribution is -2.40. The van der Waals surface area contributed by atoms with Crippen LogP contribution in [0.3, 0.4) is 0 Å². The smallest absolute Gasteiger partial charge is 0.251 e. The van der Waals surface area contributed by atoms with E-state index in [0.717, 1.165) is 16.6 Å². The van der Waals surface area contributed by atoms with Gasteiger partial charge in [0.05, 0.1) is 18.3 Å². The molecule has 0 radical (unpaired) electrons. The van der Waals surface area contributed by atoms with Gasteiger partial charge in [0.25, 0.3) is 6.43 Å². The first-order valence-corrected chi connectivity index (χ1v) is 7.36. The summed E-state index contributed by atoms with van der Waals surface area (Å²) in [4.78, 5) is 14.0. The second-order valence-corrected chi connectivity index (χ2v) is 5.63. The van der Waals surface area contributed by atoms with Crippen LogP contribution in [0.15, 0.2) is 24.4 Å². The molecule has 0 spiro atoms. The number of rotatable bonds is 4. The van der Waals surface area contributed by atoms with Crippen molar-refractivity contribution in [1.29, 1.82) is 0 Å². The number of nitrogens with one attached hydrogen (secondary N) is 2. The van der Waals surface area contributed by atoms with Crippen LogP contribution < -0.4 is 5.32 Å². The summed E-state index contributed by atoms with van der Waals surface area (Å²) in [5.74, 6) is -0.159. The molecular formula is C15H18F2N4O. The first-order chi connectivity index (χ1) is 10.6. The van der Waals surface area contributed by atoms with Gasteiger partial charge in [-0.25, -0.2) is 8.78 Å². The Labute approximate surface area is 126 Å². The lowest BCUT2D eigenvalue weighted by Gasteiger charge is -2.30. The number of aromatic nitrogens is 2. The van der Waals surface area contributed by atoms with E-state index in [9.17, 15) is 13.6 Å². The van der Waals surface area contributed by atoms with Crippen molar-refractivity contribution >= 4 is 22.5 Å². The van der Waals surface area contributed by atoms with E-state index in [4.69, 9.17) is 0 Å². The number of carbonyl (C=O) groups excluding carboxylic acids is 1. The normalized spacial score (nSPS) is 17.2. The number of anilines is 1. The van der Waals surface area contributed by atoms with Crippen molar-refractivity contribution in [2.24, 2.45) is 5.92 Å². The second-order valence-electron chi connectivity index (χ2n) is 5.63. The SMILES string of the molecule is O=C(Nc1ccc2[nH]ncc2c1)C1CCN(CC(F)F)CC1. The molecule has 5 nitrogen and oxygen atoms in total. The summed E-state index contributed by atoms with van der Waals surface area (Å²) in [7, 11) is 0. The van der Waals surface area contributed by atoms with Crippen LogP contribution in [-0.4, -0.2) is 47.1 Å². The zero-order valence-corrected chi connectivity index (χ0v) is 12.1. The summed E-state index contributed by atoms with van der Waals surface area (Å²) < 4.78 is 24.7. The van der Waals surface area contributed by atoms with Crippen LogP contribution in [0.2, 0.25) is 0 Å². The van der Waals surface area contributed by atoms with E-state index in [-0.39, 0.29) is 18.4 Å². The zero-order chi connectivity index (χ0) is 15.5. The fraction of sp³-hybridized carbons (Fsp3) is 0.467. The lowest BCUT2D eigenvalue weighted by atomic mass is 9.96.